The summed E-state index contributed by atoms with van der Waals surface area (Å²) in [6.45, 7) is 8.61. The van der Waals surface area contributed by atoms with Crippen LogP contribution in [0.3, 0.4) is 0 Å². The van der Waals surface area contributed by atoms with Crippen LogP contribution in [0.25, 0.3) is 0 Å². The van der Waals surface area contributed by atoms with E-state index in [1.807, 2.05) is 24.3 Å². The van der Waals surface area contributed by atoms with Crippen LogP contribution in [0.4, 0.5) is 0 Å². The Morgan fingerprint density at radius 1 is 0.833 bits per heavy atom. The van der Waals surface area contributed by atoms with Crippen molar-refractivity contribution in [2.75, 3.05) is 79.9 Å². The zero-order chi connectivity index (χ0) is 17.0. The fourth-order valence-electron chi connectivity index (χ4n) is 2.54. The number of likely N-dealkylation sites (N-methyl/N-ethyl adjacent to an activating group) is 1. The highest BCUT2D eigenvalue weighted by Crippen LogP contribution is 2.25. The minimum atomic E-state index is 0.502. The maximum atomic E-state index is 5.64. The summed E-state index contributed by atoms with van der Waals surface area (Å²) in [4.78, 5) is 4.81. The molecule has 0 spiro atoms. The Morgan fingerprint density at radius 3 is 2.17 bits per heavy atom. The second-order valence-corrected chi connectivity index (χ2v) is 5.87. The van der Waals surface area contributed by atoms with Gasteiger partial charge in [0.1, 0.15) is 6.61 Å². The van der Waals surface area contributed by atoms with Gasteiger partial charge < -0.3 is 23.8 Å². The van der Waals surface area contributed by atoms with Crippen molar-refractivity contribution in [3.05, 3.63) is 24.3 Å². The molecule has 2 rings (SSSR count). The Hall–Kier alpha value is -1.34. The zero-order valence-electron chi connectivity index (χ0n) is 14.9. The maximum absolute atomic E-state index is 5.64. The van der Waals surface area contributed by atoms with Crippen LogP contribution >= 0.6 is 0 Å². The summed E-state index contributed by atoms with van der Waals surface area (Å²) in [5, 5.41) is 0. The highest BCUT2D eigenvalue weighted by Gasteiger charge is 2.12. The molecule has 0 amide bonds. The van der Waals surface area contributed by atoms with E-state index in [9.17, 15) is 0 Å². The molecule has 136 valence electrons. The van der Waals surface area contributed by atoms with Crippen molar-refractivity contribution >= 4 is 0 Å². The lowest BCUT2D eigenvalue weighted by molar-refractivity contribution is 0.0250. The molecule has 0 aromatic heterocycles. The standard InChI is InChI=1S/C18H30N2O4/c1-19-7-9-20(10-8-19)11-12-22-13-14-23-15-16-24-18-6-4-3-5-17(18)21-2/h3-6H,7-16H2,1-2H3. The Balaban J connectivity index is 1.42. The van der Waals surface area contributed by atoms with Crippen molar-refractivity contribution in [2.24, 2.45) is 0 Å². The van der Waals surface area contributed by atoms with Gasteiger partial charge in [-0.25, -0.2) is 0 Å². The van der Waals surface area contributed by atoms with Crippen molar-refractivity contribution in [1.29, 1.82) is 0 Å². The van der Waals surface area contributed by atoms with E-state index in [0.717, 1.165) is 50.8 Å². The van der Waals surface area contributed by atoms with E-state index in [2.05, 4.69) is 16.8 Å². The Labute approximate surface area is 145 Å². The number of hydrogen-bond acceptors (Lipinski definition) is 6. The molecule has 0 unspecified atom stereocenters. The van der Waals surface area contributed by atoms with Crippen LogP contribution in [0.2, 0.25) is 0 Å². The van der Waals surface area contributed by atoms with Gasteiger partial charge in [0.25, 0.3) is 0 Å². The normalized spacial score (nSPS) is 16.2. The number of methoxy groups -OCH3 is 1. The highest BCUT2D eigenvalue weighted by atomic mass is 16.6. The predicted molar refractivity (Wildman–Crippen MR) is 94.1 cm³/mol. The van der Waals surface area contributed by atoms with Crippen molar-refractivity contribution in [1.82, 2.24) is 9.80 Å². The van der Waals surface area contributed by atoms with E-state index in [0.29, 0.717) is 26.4 Å². The molecule has 1 aliphatic heterocycles. The second kappa shape index (κ2) is 11.3. The number of benzene rings is 1. The molecular weight excluding hydrogens is 308 g/mol. The Bertz CT molecular complexity index is 450. The van der Waals surface area contributed by atoms with Gasteiger partial charge in [-0.3, -0.25) is 4.90 Å². The molecule has 1 saturated heterocycles. The van der Waals surface area contributed by atoms with E-state index in [4.69, 9.17) is 18.9 Å². The minimum Gasteiger partial charge on any atom is -0.493 e. The molecule has 6 heteroatoms. The highest BCUT2D eigenvalue weighted by molar-refractivity contribution is 5.39. The molecule has 1 heterocycles. The number of piperazine rings is 1. The first-order valence-electron chi connectivity index (χ1n) is 8.62. The van der Waals surface area contributed by atoms with Gasteiger partial charge in [0, 0.05) is 32.7 Å². The van der Waals surface area contributed by atoms with E-state index in [1.165, 1.54) is 0 Å². The van der Waals surface area contributed by atoms with Crippen molar-refractivity contribution < 1.29 is 18.9 Å². The molecule has 0 bridgehead atoms. The summed E-state index contributed by atoms with van der Waals surface area (Å²) in [7, 11) is 3.81. The molecule has 24 heavy (non-hydrogen) atoms. The predicted octanol–water partition coefficient (Wildman–Crippen LogP) is 1.35. The quantitative estimate of drug-likeness (QED) is 0.568. The maximum Gasteiger partial charge on any atom is 0.161 e. The molecule has 6 nitrogen and oxygen atoms in total. The van der Waals surface area contributed by atoms with Gasteiger partial charge in [-0.2, -0.15) is 0 Å². The number of para-hydroxylation sites is 2. The molecule has 1 aliphatic rings. The molecule has 1 aromatic rings. The van der Waals surface area contributed by atoms with E-state index >= 15 is 0 Å². The third kappa shape index (κ3) is 7.05. The first kappa shape index (κ1) is 19.0. The van der Waals surface area contributed by atoms with Gasteiger partial charge in [0.2, 0.25) is 0 Å². The first-order chi connectivity index (χ1) is 11.8. The molecule has 0 atom stereocenters. The lowest BCUT2D eigenvalue weighted by Gasteiger charge is -2.32. The van der Waals surface area contributed by atoms with Gasteiger partial charge >= 0.3 is 0 Å². The summed E-state index contributed by atoms with van der Waals surface area (Å²) >= 11 is 0. The van der Waals surface area contributed by atoms with E-state index < -0.39 is 0 Å². The molecule has 0 N–H and O–H groups in total. The van der Waals surface area contributed by atoms with Gasteiger partial charge in [0.05, 0.1) is 33.5 Å². The summed E-state index contributed by atoms with van der Waals surface area (Å²) < 4.78 is 22.0. The zero-order valence-corrected chi connectivity index (χ0v) is 14.9. The average Bonchev–Trinajstić information content (AvgIpc) is 2.62. The third-order valence-corrected chi connectivity index (χ3v) is 4.07. The van der Waals surface area contributed by atoms with Gasteiger partial charge in [0.15, 0.2) is 11.5 Å². The third-order valence-electron chi connectivity index (χ3n) is 4.07. The van der Waals surface area contributed by atoms with Crippen LogP contribution in [-0.2, 0) is 9.47 Å². The van der Waals surface area contributed by atoms with Gasteiger partial charge in [-0.05, 0) is 19.2 Å². The molecule has 1 aromatic carbocycles. The second-order valence-electron chi connectivity index (χ2n) is 5.87. The lowest BCUT2D eigenvalue weighted by Crippen LogP contribution is -2.45. The van der Waals surface area contributed by atoms with Crippen LogP contribution in [0.5, 0.6) is 11.5 Å². The fourth-order valence-corrected chi connectivity index (χ4v) is 2.54. The number of nitrogens with zero attached hydrogens (tertiary/aromatic N) is 2. The van der Waals surface area contributed by atoms with E-state index in [-0.39, 0.29) is 0 Å². The van der Waals surface area contributed by atoms with Crippen molar-refractivity contribution in [3.63, 3.8) is 0 Å². The molecule has 1 fully saturated rings. The Kier molecular flexibility index (Phi) is 8.91. The number of hydrogen-bond donors (Lipinski definition) is 0. The smallest absolute Gasteiger partial charge is 0.161 e. The van der Waals surface area contributed by atoms with Crippen LogP contribution in [-0.4, -0.2) is 89.7 Å². The number of ether oxygens (including phenoxy) is 4. The van der Waals surface area contributed by atoms with Crippen LogP contribution in [0.15, 0.2) is 24.3 Å². The van der Waals surface area contributed by atoms with Crippen LogP contribution < -0.4 is 9.47 Å². The monoisotopic (exact) mass is 338 g/mol. The lowest BCUT2D eigenvalue weighted by atomic mass is 10.3. The van der Waals surface area contributed by atoms with Crippen molar-refractivity contribution in [2.45, 2.75) is 0 Å². The fraction of sp³-hybridized carbons (Fsp3) is 0.667. The summed E-state index contributed by atoms with van der Waals surface area (Å²) in [5.41, 5.74) is 0. The van der Waals surface area contributed by atoms with E-state index in [1.54, 1.807) is 7.11 Å². The van der Waals surface area contributed by atoms with Crippen LogP contribution in [0, 0.1) is 0 Å². The number of rotatable bonds is 11. The molecule has 0 aliphatic carbocycles. The SMILES string of the molecule is COc1ccccc1OCCOCCOCCN1CCN(C)CC1. The summed E-state index contributed by atoms with van der Waals surface area (Å²) in [6, 6.07) is 7.61. The van der Waals surface area contributed by atoms with Crippen LogP contribution in [0.1, 0.15) is 0 Å². The molecule has 0 saturated carbocycles. The summed E-state index contributed by atoms with van der Waals surface area (Å²) in [6.07, 6.45) is 0. The topological polar surface area (TPSA) is 43.4 Å². The average molecular weight is 338 g/mol. The Morgan fingerprint density at radius 2 is 1.46 bits per heavy atom. The van der Waals surface area contributed by atoms with Crippen molar-refractivity contribution in [3.8, 4) is 11.5 Å². The molecule has 0 radical (unpaired) electrons. The summed E-state index contributed by atoms with van der Waals surface area (Å²) in [5.74, 6) is 1.48. The first-order valence-corrected chi connectivity index (χ1v) is 8.62. The van der Waals surface area contributed by atoms with Gasteiger partial charge in [-0.1, -0.05) is 12.1 Å². The minimum absolute atomic E-state index is 0.502. The molecular formula is C18H30N2O4. The van der Waals surface area contributed by atoms with Gasteiger partial charge in [-0.15, -0.1) is 0 Å². The largest absolute Gasteiger partial charge is 0.493 e.